The highest BCUT2D eigenvalue weighted by Crippen LogP contribution is 2.30. The fourth-order valence-electron chi connectivity index (χ4n) is 2.72. The minimum Gasteiger partial charge on any atom is -0.493 e. The minimum atomic E-state index is -4.46. The van der Waals surface area contributed by atoms with Crippen LogP contribution in [-0.4, -0.2) is 41.1 Å². The molecule has 2 aromatic rings. The standard InChI is InChI=1S/C16H19F3N4O2S/c1-24-10-14-21-15(26-22-14)23-6-3-11(4-7-23)9-25-12-2-5-20-13(8-12)16(17,18)19/h2,5,8,11H,3-4,6-7,9-10H2,1H3. The lowest BCUT2D eigenvalue weighted by molar-refractivity contribution is -0.141. The number of nitrogens with zero attached hydrogens (tertiary/aromatic N) is 4. The van der Waals surface area contributed by atoms with Gasteiger partial charge in [-0.15, -0.1) is 0 Å². The summed E-state index contributed by atoms with van der Waals surface area (Å²) < 4.78 is 52.9. The number of hydrogen-bond donors (Lipinski definition) is 0. The first kappa shape index (κ1) is 18.8. The monoisotopic (exact) mass is 388 g/mol. The van der Waals surface area contributed by atoms with E-state index in [0.29, 0.717) is 25.0 Å². The number of methoxy groups -OCH3 is 1. The van der Waals surface area contributed by atoms with Gasteiger partial charge in [-0.1, -0.05) is 0 Å². The fraction of sp³-hybridized carbons (Fsp3) is 0.562. The van der Waals surface area contributed by atoms with Crippen molar-refractivity contribution in [2.45, 2.75) is 25.6 Å². The van der Waals surface area contributed by atoms with Crippen molar-refractivity contribution in [3.8, 4) is 5.75 Å². The second-order valence-corrected chi connectivity index (χ2v) is 6.77. The van der Waals surface area contributed by atoms with Crippen molar-refractivity contribution in [1.29, 1.82) is 0 Å². The summed E-state index contributed by atoms with van der Waals surface area (Å²) in [6.07, 6.45) is -1.57. The summed E-state index contributed by atoms with van der Waals surface area (Å²) in [6, 6.07) is 2.39. The molecule has 0 saturated carbocycles. The second kappa shape index (κ2) is 8.17. The van der Waals surface area contributed by atoms with Crippen molar-refractivity contribution in [3.63, 3.8) is 0 Å². The smallest absolute Gasteiger partial charge is 0.433 e. The Kier molecular flexibility index (Phi) is 5.92. The number of hydrogen-bond acceptors (Lipinski definition) is 7. The summed E-state index contributed by atoms with van der Waals surface area (Å²) in [4.78, 5) is 9.94. The summed E-state index contributed by atoms with van der Waals surface area (Å²) >= 11 is 1.35. The molecule has 1 fully saturated rings. The van der Waals surface area contributed by atoms with Crippen LogP contribution in [0.4, 0.5) is 18.3 Å². The zero-order valence-corrected chi connectivity index (χ0v) is 15.0. The topological polar surface area (TPSA) is 60.4 Å². The van der Waals surface area contributed by atoms with E-state index < -0.39 is 11.9 Å². The van der Waals surface area contributed by atoms with Crippen LogP contribution in [0.25, 0.3) is 0 Å². The third-order valence-electron chi connectivity index (χ3n) is 4.12. The van der Waals surface area contributed by atoms with Crippen LogP contribution in [-0.2, 0) is 17.5 Å². The molecule has 0 spiro atoms. The molecule has 1 aliphatic heterocycles. The molecule has 0 unspecified atom stereocenters. The average molecular weight is 388 g/mol. The van der Waals surface area contributed by atoms with Crippen molar-refractivity contribution >= 4 is 16.7 Å². The Hall–Kier alpha value is -1.94. The van der Waals surface area contributed by atoms with Crippen molar-refractivity contribution < 1.29 is 22.6 Å². The number of ether oxygens (including phenoxy) is 2. The van der Waals surface area contributed by atoms with Gasteiger partial charge < -0.3 is 14.4 Å². The molecular formula is C16H19F3N4O2S. The van der Waals surface area contributed by atoms with Gasteiger partial charge in [0, 0.05) is 44.0 Å². The molecule has 0 bridgehead atoms. The Balaban J connectivity index is 1.48. The van der Waals surface area contributed by atoms with Gasteiger partial charge in [0.25, 0.3) is 0 Å². The van der Waals surface area contributed by atoms with Crippen molar-refractivity contribution in [2.75, 3.05) is 31.7 Å². The van der Waals surface area contributed by atoms with E-state index in [1.807, 2.05) is 0 Å². The highest BCUT2D eigenvalue weighted by molar-refractivity contribution is 7.09. The van der Waals surface area contributed by atoms with Crippen LogP contribution >= 0.6 is 11.5 Å². The Labute approximate surface area is 153 Å². The summed E-state index contributed by atoms with van der Waals surface area (Å²) in [7, 11) is 1.60. The molecule has 0 aliphatic carbocycles. The number of aromatic nitrogens is 3. The highest BCUT2D eigenvalue weighted by atomic mass is 32.1. The molecule has 2 aromatic heterocycles. The number of piperidine rings is 1. The normalized spacial score (nSPS) is 16.1. The summed E-state index contributed by atoms with van der Waals surface area (Å²) in [5.41, 5.74) is -0.937. The highest BCUT2D eigenvalue weighted by Gasteiger charge is 2.32. The second-order valence-electron chi connectivity index (χ2n) is 6.04. The molecule has 0 atom stereocenters. The quantitative estimate of drug-likeness (QED) is 0.756. The van der Waals surface area contributed by atoms with E-state index >= 15 is 0 Å². The average Bonchev–Trinajstić information content (AvgIpc) is 3.09. The van der Waals surface area contributed by atoms with Crippen molar-refractivity contribution in [1.82, 2.24) is 14.3 Å². The van der Waals surface area contributed by atoms with Crippen LogP contribution in [0, 0.1) is 5.92 Å². The molecule has 3 rings (SSSR count). The lowest BCUT2D eigenvalue weighted by Crippen LogP contribution is -2.35. The molecule has 1 saturated heterocycles. The lowest BCUT2D eigenvalue weighted by Gasteiger charge is -2.31. The molecule has 0 N–H and O–H groups in total. The van der Waals surface area contributed by atoms with Crippen LogP contribution in [0.15, 0.2) is 18.3 Å². The van der Waals surface area contributed by atoms with Gasteiger partial charge in [0.2, 0.25) is 5.13 Å². The first-order valence-corrected chi connectivity index (χ1v) is 8.95. The van der Waals surface area contributed by atoms with E-state index in [0.717, 1.165) is 43.3 Å². The number of anilines is 1. The van der Waals surface area contributed by atoms with Crippen LogP contribution in [0.5, 0.6) is 5.75 Å². The maximum Gasteiger partial charge on any atom is 0.433 e. The molecule has 142 valence electrons. The first-order valence-electron chi connectivity index (χ1n) is 8.18. The molecule has 3 heterocycles. The van der Waals surface area contributed by atoms with E-state index in [1.165, 1.54) is 17.6 Å². The maximum atomic E-state index is 12.7. The Bertz CT molecular complexity index is 718. The van der Waals surface area contributed by atoms with Gasteiger partial charge in [-0.25, -0.2) is 4.98 Å². The molecule has 0 aromatic carbocycles. The number of alkyl halides is 3. The number of pyridine rings is 1. The van der Waals surface area contributed by atoms with E-state index in [2.05, 4.69) is 19.2 Å². The van der Waals surface area contributed by atoms with Gasteiger partial charge in [0.05, 0.1) is 6.61 Å². The Morgan fingerprint density at radius 3 is 2.77 bits per heavy atom. The summed E-state index contributed by atoms with van der Waals surface area (Å²) in [6.45, 7) is 2.42. The SMILES string of the molecule is COCc1nsc(N2CCC(COc3ccnc(C(F)(F)F)c3)CC2)n1. The zero-order chi connectivity index (χ0) is 18.6. The molecule has 0 amide bonds. The molecule has 26 heavy (non-hydrogen) atoms. The predicted octanol–water partition coefficient (Wildman–Crippen LogP) is 3.39. The Morgan fingerprint density at radius 1 is 1.31 bits per heavy atom. The van der Waals surface area contributed by atoms with E-state index in [9.17, 15) is 13.2 Å². The van der Waals surface area contributed by atoms with Gasteiger partial charge in [-0.05, 0) is 24.8 Å². The number of rotatable bonds is 6. The third-order valence-corrected chi connectivity index (χ3v) is 4.94. The number of halogens is 3. The lowest BCUT2D eigenvalue weighted by atomic mass is 9.98. The minimum absolute atomic E-state index is 0.197. The Morgan fingerprint density at radius 2 is 2.08 bits per heavy atom. The molecular weight excluding hydrogens is 369 g/mol. The third kappa shape index (κ3) is 4.82. The maximum absolute atomic E-state index is 12.7. The molecule has 0 radical (unpaired) electrons. The molecule has 1 aliphatic rings. The van der Waals surface area contributed by atoms with Gasteiger partial charge in [0.15, 0.2) is 5.82 Å². The van der Waals surface area contributed by atoms with Gasteiger partial charge in [0.1, 0.15) is 18.1 Å². The fourth-order valence-corrected chi connectivity index (χ4v) is 3.45. The summed E-state index contributed by atoms with van der Waals surface area (Å²) in [5.74, 6) is 1.17. The van der Waals surface area contributed by atoms with Crippen molar-refractivity contribution in [2.24, 2.45) is 5.92 Å². The van der Waals surface area contributed by atoms with Crippen molar-refractivity contribution in [3.05, 3.63) is 29.8 Å². The van der Waals surface area contributed by atoms with E-state index in [-0.39, 0.29) is 5.75 Å². The zero-order valence-electron chi connectivity index (χ0n) is 14.2. The largest absolute Gasteiger partial charge is 0.493 e. The van der Waals surface area contributed by atoms with Crippen LogP contribution in [0.3, 0.4) is 0 Å². The van der Waals surface area contributed by atoms with Gasteiger partial charge in [-0.2, -0.15) is 17.5 Å². The first-order chi connectivity index (χ1) is 12.5. The molecule has 6 nitrogen and oxygen atoms in total. The van der Waals surface area contributed by atoms with Crippen LogP contribution in [0.1, 0.15) is 24.4 Å². The van der Waals surface area contributed by atoms with E-state index in [4.69, 9.17) is 9.47 Å². The van der Waals surface area contributed by atoms with Crippen LogP contribution in [0.2, 0.25) is 0 Å². The molecule has 10 heteroatoms. The summed E-state index contributed by atoms with van der Waals surface area (Å²) in [5, 5.41) is 0.875. The van der Waals surface area contributed by atoms with Gasteiger partial charge in [-0.3, -0.25) is 4.98 Å². The van der Waals surface area contributed by atoms with Gasteiger partial charge >= 0.3 is 6.18 Å². The predicted molar refractivity (Wildman–Crippen MR) is 90.3 cm³/mol. The van der Waals surface area contributed by atoms with E-state index in [1.54, 1.807) is 7.11 Å². The van der Waals surface area contributed by atoms with Crippen LogP contribution < -0.4 is 9.64 Å².